The van der Waals surface area contributed by atoms with Crippen molar-refractivity contribution in [3.05, 3.63) is 46.1 Å². The van der Waals surface area contributed by atoms with E-state index < -0.39 is 0 Å². The number of fused-ring (bicyclic) bond motifs is 1. The van der Waals surface area contributed by atoms with Crippen LogP contribution in [0.1, 0.15) is 0 Å². The number of hydrogen-bond donors (Lipinski definition) is 2. The zero-order chi connectivity index (χ0) is 11.8. The Kier molecular flexibility index (Phi) is 2.19. The maximum absolute atomic E-state index is 11.4. The molecule has 0 saturated heterocycles. The third-order valence-electron chi connectivity index (χ3n) is 2.56. The summed E-state index contributed by atoms with van der Waals surface area (Å²) in [5.41, 5.74) is 7.99. The molecule has 4 nitrogen and oxygen atoms in total. The molecule has 0 unspecified atom stereocenters. The molecule has 0 fully saturated rings. The van der Waals surface area contributed by atoms with E-state index in [-0.39, 0.29) is 5.56 Å². The molecule has 0 aliphatic heterocycles. The summed E-state index contributed by atoms with van der Waals surface area (Å²) in [5, 5.41) is 3.39. The van der Waals surface area contributed by atoms with Gasteiger partial charge in [0.1, 0.15) is 0 Å². The third-order valence-corrected chi connectivity index (χ3v) is 3.23. The second-order valence-corrected chi connectivity index (χ2v) is 4.55. The number of anilines is 1. The zero-order valence-corrected chi connectivity index (χ0v) is 9.62. The molecule has 0 saturated carbocycles. The van der Waals surface area contributed by atoms with Crippen LogP contribution >= 0.6 is 11.3 Å². The summed E-state index contributed by atoms with van der Waals surface area (Å²) in [7, 11) is 0. The Labute approximate surface area is 101 Å². The molecule has 0 aliphatic carbocycles. The van der Waals surface area contributed by atoms with Gasteiger partial charge >= 0.3 is 0 Å². The molecule has 0 spiro atoms. The standard InChI is InChI=1S/C12H9N3OS/c13-12-14-9(6-17-12)8-3-1-2-7-4-5-10(16)15-11(7)8/h1-6H,(H2,13,14)(H,15,16). The van der Waals surface area contributed by atoms with Crippen LogP contribution in [0.4, 0.5) is 5.13 Å². The lowest BCUT2D eigenvalue weighted by atomic mass is 10.1. The summed E-state index contributed by atoms with van der Waals surface area (Å²) < 4.78 is 0. The van der Waals surface area contributed by atoms with Gasteiger partial charge in [-0.05, 0) is 11.5 Å². The first-order valence-electron chi connectivity index (χ1n) is 5.07. The summed E-state index contributed by atoms with van der Waals surface area (Å²) in [6.07, 6.45) is 0. The van der Waals surface area contributed by atoms with Crippen LogP contribution in [-0.2, 0) is 0 Å². The van der Waals surface area contributed by atoms with Crippen LogP contribution in [0, 0.1) is 0 Å². The van der Waals surface area contributed by atoms with Crippen molar-refractivity contribution < 1.29 is 0 Å². The van der Waals surface area contributed by atoms with Crippen LogP contribution in [0.3, 0.4) is 0 Å². The molecule has 2 aromatic heterocycles. The summed E-state index contributed by atoms with van der Waals surface area (Å²) >= 11 is 1.39. The van der Waals surface area contributed by atoms with Crippen LogP contribution in [0.5, 0.6) is 0 Å². The van der Waals surface area contributed by atoms with Gasteiger partial charge in [0.15, 0.2) is 5.13 Å². The molecule has 0 atom stereocenters. The van der Waals surface area contributed by atoms with Crippen molar-refractivity contribution in [1.82, 2.24) is 9.97 Å². The monoisotopic (exact) mass is 243 g/mol. The molecule has 17 heavy (non-hydrogen) atoms. The number of aromatic nitrogens is 2. The predicted molar refractivity (Wildman–Crippen MR) is 70.1 cm³/mol. The van der Waals surface area contributed by atoms with E-state index in [1.54, 1.807) is 6.07 Å². The Bertz CT molecular complexity index is 745. The zero-order valence-electron chi connectivity index (χ0n) is 8.81. The Morgan fingerprint density at radius 3 is 2.88 bits per heavy atom. The Morgan fingerprint density at radius 1 is 1.24 bits per heavy atom. The number of nitrogens with one attached hydrogen (secondary N) is 1. The van der Waals surface area contributed by atoms with E-state index in [1.807, 2.05) is 23.6 Å². The largest absolute Gasteiger partial charge is 0.375 e. The quantitative estimate of drug-likeness (QED) is 0.688. The molecule has 0 bridgehead atoms. The Morgan fingerprint density at radius 2 is 2.12 bits per heavy atom. The van der Waals surface area contributed by atoms with Crippen molar-refractivity contribution >= 4 is 27.4 Å². The fourth-order valence-corrected chi connectivity index (χ4v) is 2.37. The normalized spacial score (nSPS) is 10.8. The number of thiazole rings is 1. The fourth-order valence-electron chi connectivity index (χ4n) is 1.80. The number of benzene rings is 1. The molecule has 3 N–H and O–H groups in total. The number of pyridine rings is 1. The minimum Gasteiger partial charge on any atom is -0.375 e. The van der Waals surface area contributed by atoms with E-state index in [2.05, 4.69) is 9.97 Å². The van der Waals surface area contributed by atoms with E-state index in [0.29, 0.717) is 5.13 Å². The maximum atomic E-state index is 11.4. The SMILES string of the molecule is Nc1nc(-c2cccc3ccc(=O)[nH]c23)cs1. The number of hydrogen-bond acceptors (Lipinski definition) is 4. The molecule has 5 heteroatoms. The first kappa shape index (κ1) is 10.0. The molecule has 0 aliphatic rings. The van der Waals surface area contributed by atoms with Gasteiger partial charge in [-0.2, -0.15) is 0 Å². The van der Waals surface area contributed by atoms with Gasteiger partial charge in [0.25, 0.3) is 0 Å². The van der Waals surface area contributed by atoms with E-state index in [4.69, 9.17) is 5.73 Å². The third kappa shape index (κ3) is 1.70. The molecule has 1 aromatic carbocycles. The van der Waals surface area contributed by atoms with Crippen LogP contribution in [0.25, 0.3) is 22.2 Å². The fraction of sp³-hybridized carbons (Fsp3) is 0. The highest BCUT2D eigenvalue weighted by molar-refractivity contribution is 7.13. The van der Waals surface area contributed by atoms with E-state index >= 15 is 0 Å². The van der Waals surface area contributed by atoms with Crippen molar-refractivity contribution in [3.63, 3.8) is 0 Å². The number of H-pyrrole nitrogens is 1. The highest BCUT2D eigenvalue weighted by atomic mass is 32.1. The average molecular weight is 243 g/mol. The minimum absolute atomic E-state index is 0.117. The number of nitrogens with two attached hydrogens (primary N) is 1. The van der Waals surface area contributed by atoms with Crippen molar-refractivity contribution in [2.24, 2.45) is 0 Å². The van der Waals surface area contributed by atoms with Crippen molar-refractivity contribution in [1.29, 1.82) is 0 Å². The lowest BCUT2D eigenvalue weighted by Gasteiger charge is -2.02. The van der Waals surface area contributed by atoms with Gasteiger partial charge in [-0.1, -0.05) is 18.2 Å². The second kappa shape index (κ2) is 3.71. The molecule has 0 amide bonds. The maximum Gasteiger partial charge on any atom is 0.248 e. The van der Waals surface area contributed by atoms with Gasteiger partial charge in [0.2, 0.25) is 5.56 Å². The van der Waals surface area contributed by atoms with Gasteiger partial charge in [0.05, 0.1) is 11.2 Å². The Hall–Kier alpha value is -2.14. The van der Waals surface area contributed by atoms with Gasteiger partial charge < -0.3 is 10.7 Å². The van der Waals surface area contributed by atoms with Crippen LogP contribution in [0.15, 0.2) is 40.5 Å². The predicted octanol–water partition coefficient (Wildman–Crippen LogP) is 2.23. The van der Waals surface area contributed by atoms with Gasteiger partial charge in [-0.25, -0.2) is 4.98 Å². The van der Waals surface area contributed by atoms with Crippen molar-refractivity contribution in [3.8, 4) is 11.3 Å². The van der Waals surface area contributed by atoms with Crippen molar-refractivity contribution in [2.45, 2.75) is 0 Å². The molecule has 2 heterocycles. The van der Waals surface area contributed by atoms with Crippen LogP contribution in [-0.4, -0.2) is 9.97 Å². The first-order chi connectivity index (χ1) is 8.24. The van der Waals surface area contributed by atoms with E-state index in [9.17, 15) is 4.79 Å². The molecule has 84 valence electrons. The highest BCUT2D eigenvalue weighted by Crippen LogP contribution is 2.28. The molecular weight excluding hydrogens is 234 g/mol. The van der Waals surface area contributed by atoms with Crippen LogP contribution in [0.2, 0.25) is 0 Å². The molecular formula is C12H9N3OS. The second-order valence-electron chi connectivity index (χ2n) is 3.66. The lowest BCUT2D eigenvalue weighted by Crippen LogP contribution is -2.03. The van der Waals surface area contributed by atoms with Gasteiger partial charge in [-0.15, -0.1) is 11.3 Å². The summed E-state index contributed by atoms with van der Waals surface area (Å²) in [6, 6.07) is 9.12. The number of nitrogen functional groups attached to an aromatic ring is 1. The number of nitrogens with zero attached hydrogens (tertiary/aromatic N) is 1. The number of aromatic amines is 1. The molecule has 3 aromatic rings. The topological polar surface area (TPSA) is 71.8 Å². The Balaban J connectivity index is 2.36. The van der Waals surface area contributed by atoms with Crippen molar-refractivity contribution in [2.75, 3.05) is 5.73 Å². The minimum atomic E-state index is -0.117. The lowest BCUT2D eigenvalue weighted by molar-refractivity contribution is 1.30. The van der Waals surface area contributed by atoms with Gasteiger partial charge in [0, 0.05) is 17.0 Å². The first-order valence-corrected chi connectivity index (χ1v) is 5.95. The summed E-state index contributed by atoms with van der Waals surface area (Å²) in [4.78, 5) is 18.4. The average Bonchev–Trinajstić information content (AvgIpc) is 2.75. The van der Waals surface area contributed by atoms with Crippen LogP contribution < -0.4 is 11.3 Å². The summed E-state index contributed by atoms with van der Waals surface area (Å²) in [5.74, 6) is 0. The molecule has 3 rings (SSSR count). The van der Waals surface area contributed by atoms with E-state index in [0.717, 1.165) is 22.2 Å². The smallest absolute Gasteiger partial charge is 0.248 e. The number of para-hydroxylation sites is 1. The summed E-state index contributed by atoms with van der Waals surface area (Å²) in [6.45, 7) is 0. The highest BCUT2D eigenvalue weighted by Gasteiger charge is 2.07. The molecule has 0 radical (unpaired) electrons. The van der Waals surface area contributed by atoms with Gasteiger partial charge in [-0.3, -0.25) is 4.79 Å². The van der Waals surface area contributed by atoms with E-state index in [1.165, 1.54) is 17.4 Å². The number of rotatable bonds is 1.